The van der Waals surface area contributed by atoms with Crippen molar-refractivity contribution in [3.05, 3.63) is 53.4 Å². The first-order valence-corrected chi connectivity index (χ1v) is 9.34. The summed E-state index contributed by atoms with van der Waals surface area (Å²) in [6.45, 7) is 8.36. The Balaban J connectivity index is 1.44. The Morgan fingerprint density at radius 1 is 1.07 bits per heavy atom. The second-order valence-electron chi connectivity index (χ2n) is 8.49. The van der Waals surface area contributed by atoms with E-state index in [1.54, 1.807) is 0 Å². The van der Waals surface area contributed by atoms with Crippen molar-refractivity contribution < 1.29 is 8.78 Å². The molecule has 1 aromatic carbocycles. The van der Waals surface area contributed by atoms with Gasteiger partial charge in [-0.25, -0.2) is 8.78 Å². The predicted octanol–water partition coefficient (Wildman–Crippen LogP) is 3.02. The summed E-state index contributed by atoms with van der Waals surface area (Å²) in [7, 11) is 1.97. The number of fused-ring (bicyclic) bond motifs is 1. The van der Waals surface area contributed by atoms with Crippen LogP contribution >= 0.6 is 0 Å². The third-order valence-electron chi connectivity index (χ3n) is 5.08. The first-order valence-electron chi connectivity index (χ1n) is 9.34. The summed E-state index contributed by atoms with van der Waals surface area (Å²) in [5.41, 5.74) is 1.22. The van der Waals surface area contributed by atoms with Crippen molar-refractivity contribution in [2.24, 2.45) is 0 Å². The number of anilines is 1. The molecule has 148 valence electrons. The first kappa shape index (κ1) is 18.7. The highest BCUT2D eigenvalue weighted by Crippen LogP contribution is 2.25. The highest BCUT2D eigenvalue weighted by Gasteiger charge is 2.32. The zero-order chi connectivity index (χ0) is 20.1. The first-order chi connectivity index (χ1) is 13.2. The Labute approximate surface area is 162 Å². The SMILES string of the molecule is CN(Cc1cc(F)cc(F)c1)C1CN(c2ccc3nnc(C(C)(C)C)n3n2)C1. The van der Waals surface area contributed by atoms with E-state index in [1.807, 2.05) is 23.7 Å². The number of likely N-dealkylation sites (N-methyl/N-ethyl adjacent to an activating group) is 1. The molecule has 0 bridgehead atoms. The Morgan fingerprint density at radius 2 is 1.75 bits per heavy atom. The number of hydrogen-bond donors (Lipinski definition) is 0. The Hall–Kier alpha value is -2.61. The normalized spacial score (nSPS) is 15.5. The maximum absolute atomic E-state index is 13.4. The third kappa shape index (κ3) is 3.56. The number of nitrogens with zero attached hydrogens (tertiary/aromatic N) is 6. The summed E-state index contributed by atoms with van der Waals surface area (Å²) in [6, 6.07) is 7.84. The maximum Gasteiger partial charge on any atom is 0.178 e. The molecular formula is C20H24F2N6. The van der Waals surface area contributed by atoms with Crippen molar-refractivity contribution in [3.8, 4) is 0 Å². The van der Waals surface area contributed by atoms with Gasteiger partial charge in [0, 0.05) is 37.2 Å². The zero-order valence-electron chi connectivity index (χ0n) is 16.5. The molecule has 0 unspecified atom stereocenters. The smallest absolute Gasteiger partial charge is 0.178 e. The van der Waals surface area contributed by atoms with Gasteiger partial charge in [0.25, 0.3) is 0 Å². The van der Waals surface area contributed by atoms with Crippen LogP contribution in [0.15, 0.2) is 30.3 Å². The fraction of sp³-hybridized carbons (Fsp3) is 0.450. The number of hydrogen-bond acceptors (Lipinski definition) is 5. The molecule has 1 fully saturated rings. The fourth-order valence-electron chi connectivity index (χ4n) is 3.46. The van der Waals surface area contributed by atoms with Gasteiger partial charge in [-0.2, -0.15) is 4.52 Å². The highest BCUT2D eigenvalue weighted by atomic mass is 19.1. The summed E-state index contributed by atoms with van der Waals surface area (Å²) in [6.07, 6.45) is 0. The van der Waals surface area contributed by atoms with Gasteiger partial charge in [0.2, 0.25) is 0 Å². The zero-order valence-corrected chi connectivity index (χ0v) is 16.5. The molecule has 8 heteroatoms. The average molecular weight is 386 g/mol. The number of rotatable bonds is 4. The van der Waals surface area contributed by atoms with Crippen LogP contribution in [0.25, 0.3) is 5.65 Å². The molecule has 1 aliphatic rings. The molecule has 3 heterocycles. The fourth-order valence-corrected chi connectivity index (χ4v) is 3.46. The molecule has 0 N–H and O–H groups in total. The predicted molar refractivity (Wildman–Crippen MR) is 103 cm³/mol. The Bertz CT molecular complexity index is 983. The number of halogens is 2. The van der Waals surface area contributed by atoms with Crippen molar-refractivity contribution in [1.82, 2.24) is 24.7 Å². The molecule has 6 nitrogen and oxygen atoms in total. The van der Waals surface area contributed by atoms with Crippen molar-refractivity contribution >= 4 is 11.5 Å². The van der Waals surface area contributed by atoms with E-state index >= 15 is 0 Å². The molecule has 3 aromatic rings. The molecule has 0 spiro atoms. The summed E-state index contributed by atoms with van der Waals surface area (Å²) in [5, 5.41) is 13.2. The molecule has 0 amide bonds. The molecule has 0 saturated carbocycles. The second kappa shape index (κ2) is 6.77. The summed E-state index contributed by atoms with van der Waals surface area (Å²) >= 11 is 0. The summed E-state index contributed by atoms with van der Waals surface area (Å²) in [4.78, 5) is 4.29. The van der Waals surface area contributed by atoms with Crippen LogP contribution in [0.1, 0.15) is 32.2 Å². The monoisotopic (exact) mass is 386 g/mol. The van der Waals surface area contributed by atoms with Gasteiger partial charge in [0.15, 0.2) is 11.5 Å². The minimum atomic E-state index is -0.542. The summed E-state index contributed by atoms with van der Waals surface area (Å²) in [5.74, 6) is 0.616. The van der Waals surface area contributed by atoms with E-state index in [-0.39, 0.29) is 5.41 Å². The standard InChI is InChI=1S/C20H24F2N6/c1-20(2,3)19-24-23-17-5-6-18(25-28(17)19)27-11-16(12-27)26(4)10-13-7-14(21)9-15(22)8-13/h5-9,16H,10-12H2,1-4H3. The van der Waals surface area contributed by atoms with E-state index in [2.05, 4.69) is 40.8 Å². The average Bonchev–Trinajstić information content (AvgIpc) is 2.95. The van der Waals surface area contributed by atoms with Crippen LogP contribution < -0.4 is 4.90 Å². The topological polar surface area (TPSA) is 49.6 Å². The van der Waals surface area contributed by atoms with Gasteiger partial charge < -0.3 is 4.90 Å². The van der Waals surface area contributed by atoms with E-state index < -0.39 is 11.6 Å². The lowest BCUT2D eigenvalue weighted by Gasteiger charge is -2.44. The quantitative estimate of drug-likeness (QED) is 0.690. The highest BCUT2D eigenvalue weighted by molar-refractivity contribution is 5.48. The second-order valence-corrected chi connectivity index (χ2v) is 8.49. The van der Waals surface area contributed by atoms with Crippen LogP contribution in [-0.2, 0) is 12.0 Å². The number of aromatic nitrogens is 4. The molecule has 0 aliphatic carbocycles. The Kier molecular flexibility index (Phi) is 4.53. The van der Waals surface area contributed by atoms with Crippen molar-refractivity contribution in [2.75, 3.05) is 25.0 Å². The molecule has 0 atom stereocenters. The number of benzene rings is 1. The largest absolute Gasteiger partial charge is 0.352 e. The molecule has 28 heavy (non-hydrogen) atoms. The van der Waals surface area contributed by atoms with Gasteiger partial charge in [-0.15, -0.1) is 15.3 Å². The van der Waals surface area contributed by atoms with Crippen molar-refractivity contribution in [3.63, 3.8) is 0 Å². The molecule has 4 rings (SSSR count). The van der Waals surface area contributed by atoms with Gasteiger partial charge in [-0.05, 0) is 36.9 Å². The van der Waals surface area contributed by atoms with Gasteiger partial charge in [-0.1, -0.05) is 20.8 Å². The van der Waals surface area contributed by atoms with Gasteiger partial charge in [-0.3, -0.25) is 4.90 Å². The van der Waals surface area contributed by atoms with Crippen LogP contribution in [0.4, 0.5) is 14.6 Å². The van der Waals surface area contributed by atoms with Crippen LogP contribution in [0.3, 0.4) is 0 Å². The van der Waals surface area contributed by atoms with Crippen molar-refractivity contribution in [2.45, 2.75) is 38.8 Å². The molecule has 0 radical (unpaired) electrons. The van der Waals surface area contributed by atoms with Crippen LogP contribution in [-0.4, -0.2) is 50.9 Å². The van der Waals surface area contributed by atoms with Gasteiger partial charge >= 0.3 is 0 Å². The molecule has 2 aromatic heterocycles. The lowest BCUT2D eigenvalue weighted by molar-refractivity contribution is 0.196. The van der Waals surface area contributed by atoms with E-state index in [4.69, 9.17) is 5.10 Å². The van der Waals surface area contributed by atoms with Crippen LogP contribution in [0, 0.1) is 11.6 Å². The summed E-state index contributed by atoms with van der Waals surface area (Å²) < 4.78 is 28.6. The van der Waals surface area contributed by atoms with E-state index in [9.17, 15) is 8.78 Å². The van der Waals surface area contributed by atoms with Crippen molar-refractivity contribution in [1.29, 1.82) is 0 Å². The lowest BCUT2D eigenvalue weighted by Crippen LogP contribution is -2.58. The van der Waals surface area contributed by atoms with E-state index in [1.165, 1.54) is 12.1 Å². The molecular weight excluding hydrogens is 362 g/mol. The van der Waals surface area contributed by atoms with Gasteiger partial charge in [0.1, 0.15) is 17.5 Å². The molecule has 1 saturated heterocycles. The maximum atomic E-state index is 13.4. The lowest BCUT2D eigenvalue weighted by atomic mass is 9.96. The van der Waals surface area contributed by atoms with Crippen LogP contribution in [0.5, 0.6) is 0 Å². The minimum Gasteiger partial charge on any atom is -0.352 e. The van der Waals surface area contributed by atoms with E-state index in [0.717, 1.165) is 36.4 Å². The van der Waals surface area contributed by atoms with Crippen LogP contribution in [0.2, 0.25) is 0 Å². The molecule has 1 aliphatic heterocycles. The third-order valence-corrected chi connectivity index (χ3v) is 5.08. The van der Waals surface area contributed by atoms with Gasteiger partial charge in [0.05, 0.1) is 0 Å². The minimum absolute atomic E-state index is 0.150. The van der Waals surface area contributed by atoms with E-state index in [0.29, 0.717) is 18.2 Å². The Morgan fingerprint density at radius 3 is 2.39 bits per heavy atom.